The van der Waals surface area contributed by atoms with E-state index in [-0.39, 0.29) is 0 Å². The Morgan fingerprint density at radius 3 is 3.00 bits per heavy atom. The minimum absolute atomic E-state index is 0.472. The van der Waals surface area contributed by atoms with E-state index < -0.39 is 0 Å². The number of halogens is 1. The summed E-state index contributed by atoms with van der Waals surface area (Å²) in [6, 6.07) is 5.24. The number of nitrogens with zero attached hydrogens (tertiary/aromatic N) is 2. The van der Waals surface area contributed by atoms with E-state index in [0.717, 1.165) is 5.56 Å². The van der Waals surface area contributed by atoms with Crippen molar-refractivity contribution in [2.45, 2.75) is 6.42 Å². The van der Waals surface area contributed by atoms with E-state index in [1.807, 2.05) is 0 Å². The van der Waals surface area contributed by atoms with Crippen molar-refractivity contribution in [2.75, 3.05) is 13.7 Å². The molecule has 2 N–H and O–H groups in total. The molecule has 0 saturated carbocycles. The normalized spacial score (nSPS) is 10.5. The Labute approximate surface area is 104 Å². The Kier molecular flexibility index (Phi) is 3.61. The molecule has 0 fully saturated rings. The second-order valence-corrected chi connectivity index (χ2v) is 3.83. The molecule has 0 aliphatic carbocycles. The second kappa shape index (κ2) is 5.16. The van der Waals surface area contributed by atoms with Gasteiger partial charge in [-0.25, -0.2) is 0 Å². The van der Waals surface area contributed by atoms with E-state index in [0.29, 0.717) is 35.5 Å². The summed E-state index contributed by atoms with van der Waals surface area (Å²) >= 11 is 5.88. The SMILES string of the molecule is COc1cc(Cl)ccc1-c1noc(CCN)n1. The number of hydrogen-bond acceptors (Lipinski definition) is 5. The van der Waals surface area contributed by atoms with E-state index in [9.17, 15) is 0 Å². The molecule has 1 aromatic heterocycles. The quantitative estimate of drug-likeness (QED) is 0.901. The predicted molar refractivity (Wildman–Crippen MR) is 64.1 cm³/mol. The third-order valence-electron chi connectivity index (χ3n) is 2.23. The van der Waals surface area contributed by atoms with Crippen molar-refractivity contribution in [1.82, 2.24) is 10.1 Å². The molecule has 5 nitrogen and oxygen atoms in total. The number of ether oxygens (including phenoxy) is 1. The topological polar surface area (TPSA) is 74.2 Å². The monoisotopic (exact) mass is 253 g/mol. The number of aromatic nitrogens is 2. The highest BCUT2D eigenvalue weighted by Crippen LogP contribution is 2.30. The van der Waals surface area contributed by atoms with E-state index in [2.05, 4.69) is 10.1 Å². The summed E-state index contributed by atoms with van der Waals surface area (Å²) in [6.07, 6.45) is 0.558. The molecule has 0 aliphatic heterocycles. The van der Waals surface area contributed by atoms with Gasteiger partial charge in [-0.15, -0.1) is 0 Å². The first kappa shape index (κ1) is 11.9. The Balaban J connectivity index is 2.37. The van der Waals surface area contributed by atoms with Crippen LogP contribution >= 0.6 is 11.6 Å². The lowest BCUT2D eigenvalue weighted by Crippen LogP contribution is -2.02. The van der Waals surface area contributed by atoms with Crippen molar-refractivity contribution in [3.8, 4) is 17.1 Å². The number of nitrogens with two attached hydrogens (primary N) is 1. The first-order chi connectivity index (χ1) is 8.24. The molecule has 6 heteroatoms. The average molecular weight is 254 g/mol. The fourth-order valence-corrected chi connectivity index (χ4v) is 1.60. The van der Waals surface area contributed by atoms with Gasteiger partial charge >= 0.3 is 0 Å². The van der Waals surface area contributed by atoms with Gasteiger partial charge in [0.05, 0.1) is 12.7 Å². The van der Waals surface area contributed by atoms with Crippen LogP contribution in [0.2, 0.25) is 5.02 Å². The number of rotatable bonds is 4. The third-order valence-corrected chi connectivity index (χ3v) is 2.47. The zero-order valence-electron chi connectivity index (χ0n) is 9.31. The van der Waals surface area contributed by atoms with Crippen molar-refractivity contribution in [3.63, 3.8) is 0 Å². The molecule has 90 valence electrons. The lowest BCUT2D eigenvalue weighted by atomic mass is 10.2. The molecular weight excluding hydrogens is 242 g/mol. The van der Waals surface area contributed by atoms with Crippen LogP contribution in [0, 0.1) is 0 Å². The van der Waals surface area contributed by atoms with Crippen LogP contribution < -0.4 is 10.5 Å². The molecular formula is C11H12ClN3O2. The highest BCUT2D eigenvalue weighted by atomic mass is 35.5. The minimum Gasteiger partial charge on any atom is -0.496 e. The van der Waals surface area contributed by atoms with Gasteiger partial charge in [-0.05, 0) is 18.2 Å². The van der Waals surface area contributed by atoms with E-state index in [1.54, 1.807) is 25.3 Å². The highest BCUT2D eigenvalue weighted by molar-refractivity contribution is 6.30. The largest absolute Gasteiger partial charge is 0.496 e. The first-order valence-corrected chi connectivity index (χ1v) is 5.49. The summed E-state index contributed by atoms with van der Waals surface area (Å²) in [5.74, 6) is 1.60. The summed E-state index contributed by atoms with van der Waals surface area (Å²) < 4.78 is 10.3. The third kappa shape index (κ3) is 2.57. The minimum atomic E-state index is 0.472. The first-order valence-electron chi connectivity index (χ1n) is 5.11. The molecule has 1 heterocycles. The van der Waals surface area contributed by atoms with Crippen LogP contribution in [0.25, 0.3) is 11.4 Å². The summed E-state index contributed by atoms with van der Waals surface area (Å²) in [5.41, 5.74) is 6.15. The van der Waals surface area contributed by atoms with E-state index in [1.165, 1.54) is 0 Å². The smallest absolute Gasteiger partial charge is 0.228 e. The maximum absolute atomic E-state index is 5.88. The summed E-state index contributed by atoms with van der Waals surface area (Å²) in [7, 11) is 1.57. The van der Waals surface area contributed by atoms with Crippen molar-refractivity contribution in [1.29, 1.82) is 0 Å². The Morgan fingerprint density at radius 1 is 1.47 bits per heavy atom. The zero-order chi connectivity index (χ0) is 12.3. The van der Waals surface area contributed by atoms with Crippen LogP contribution in [0.5, 0.6) is 5.75 Å². The fraction of sp³-hybridized carbons (Fsp3) is 0.273. The van der Waals surface area contributed by atoms with Crippen molar-refractivity contribution in [2.24, 2.45) is 5.73 Å². The van der Waals surface area contributed by atoms with Gasteiger partial charge in [0, 0.05) is 18.0 Å². The maximum atomic E-state index is 5.88. The van der Waals surface area contributed by atoms with Crippen LogP contribution in [0.15, 0.2) is 22.7 Å². The number of methoxy groups -OCH3 is 1. The number of hydrogen-bond donors (Lipinski definition) is 1. The summed E-state index contributed by atoms with van der Waals surface area (Å²) in [5, 5.41) is 4.47. The van der Waals surface area contributed by atoms with Gasteiger partial charge in [0.2, 0.25) is 11.7 Å². The Hall–Kier alpha value is -1.59. The van der Waals surface area contributed by atoms with Gasteiger partial charge in [0.25, 0.3) is 0 Å². The average Bonchev–Trinajstić information content (AvgIpc) is 2.78. The van der Waals surface area contributed by atoms with Crippen molar-refractivity contribution < 1.29 is 9.26 Å². The molecule has 2 rings (SSSR count). The van der Waals surface area contributed by atoms with Gasteiger partial charge < -0.3 is 15.0 Å². The molecule has 0 amide bonds. The zero-order valence-corrected chi connectivity index (χ0v) is 10.1. The van der Waals surface area contributed by atoms with Crippen molar-refractivity contribution >= 4 is 11.6 Å². The maximum Gasteiger partial charge on any atom is 0.228 e. The molecule has 17 heavy (non-hydrogen) atoms. The van der Waals surface area contributed by atoms with Crippen LogP contribution in [-0.2, 0) is 6.42 Å². The highest BCUT2D eigenvalue weighted by Gasteiger charge is 2.13. The second-order valence-electron chi connectivity index (χ2n) is 3.40. The fourth-order valence-electron chi connectivity index (χ4n) is 1.44. The lowest BCUT2D eigenvalue weighted by Gasteiger charge is -2.04. The molecule has 0 bridgehead atoms. The molecule has 0 saturated heterocycles. The molecule has 0 aliphatic rings. The predicted octanol–water partition coefficient (Wildman–Crippen LogP) is 1.90. The van der Waals surface area contributed by atoms with Crippen LogP contribution in [0.3, 0.4) is 0 Å². The van der Waals surface area contributed by atoms with Gasteiger partial charge in [0.1, 0.15) is 5.75 Å². The summed E-state index contributed by atoms with van der Waals surface area (Å²) in [6.45, 7) is 0.472. The van der Waals surface area contributed by atoms with Gasteiger partial charge in [-0.1, -0.05) is 16.8 Å². The molecule has 0 spiro atoms. The van der Waals surface area contributed by atoms with Crippen LogP contribution in [0.4, 0.5) is 0 Å². The van der Waals surface area contributed by atoms with Gasteiger partial charge in [-0.3, -0.25) is 0 Å². The standard InChI is InChI=1S/C11H12ClN3O2/c1-16-9-6-7(12)2-3-8(9)11-14-10(4-5-13)17-15-11/h2-3,6H,4-5,13H2,1H3. The summed E-state index contributed by atoms with van der Waals surface area (Å²) in [4.78, 5) is 4.23. The van der Waals surface area contributed by atoms with Gasteiger partial charge in [0.15, 0.2) is 0 Å². The molecule has 0 unspecified atom stereocenters. The van der Waals surface area contributed by atoms with Crippen LogP contribution in [-0.4, -0.2) is 23.8 Å². The van der Waals surface area contributed by atoms with Crippen molar-refractivity contribution in [3.05, 3.63) is 29.1 Å². The lowest BCUT2D eigenvalue weighted by molar-refractivity contribution is 0.379. The molecule has 0 atom stereocenters. The van der Waals surface area contributed by atoms with E-state index in [4.69, 9.17) is 26.6 Å². The Morgan fingerprint density at radius 2 is 2.29 bits per heavy atom. The molecule has 0 radical (unpaired) electrons. The Bertz CT molecular complexity index is 513. The molecule has 1 aromatic carbocycles. The van der Waals surface area contributed by atoms with Crippen LogP contribution in [0.1, 0.15) is 5.89 Å². The van der Waals surface area contributed by atoms with Gasteiger partial charge in [-0.2, -0.15) is 4.98 Å². The molecule has 2 aromatic rings. The number of benzene rings is 1. The van der Waals surface area contributed by atoms with E-state index >= 15 is 0 Å².